The zero-order valence-corrected chi connectivity index (χ0v) is 11.7. The van der Waals surface area contributed by atoms with Crippen LogP contribution >= 0.6 is 34.8 Å². The Kier molecular flexibility index (Phi) is 5.80. The van der Waals surface area contributed by atoms with Crippen molar-refractivity contribution >= 4 is 34.8 Å². The fraction of sp³-hybridized carbons (Fsp3) is 0. The predicted octanol–water partition coefficient (Wildman–Crippen LogP) is 5.16. The van der Waals surface area contributed by atoms with Crippen molar-refractivity contribution in [3.63, 3.8) is 0 Å². The highest BCUT2D eigenvalue weighted by Gasteiger charge is 2.11. The van der Waals surface area contributed by atoms with Gasteiger partial charge in [0, 0.05) is 6.07 Å². The van der Waals surface area contributed by atoms with Crippen molar-refractivity contribution in [3.8, 4) is 11.5 Å². The van der Waals surface area contributed by atoms with E-state index in [1.165, 1.54) is 12.1 Å². The van der Waals surface area contributed by atoms with E-state index >= 15 is 0 Å². The molecule has 2 aromatic carbocycles. The van der Waals surface area contributed by atoms with Gasteiger partial charge in [0.1, 0.15) is 5.75 Å². The lowest BCUT2D eigenvalue weighted by atomic mass is 10.3. The summed E-state index contributed by atoms with van der Waals surface area (Å²) in [5.41, 5.74) is 0. The first-order valence-corrected chi connectivity index (χ1v) is 6.03. The summed E-state index contributed by atoms with van der Waals surface area (Å²) in [5.74, 6) is -5.47. The molecule has 0 aliphatic rings. The minimum absolute atomic E-state index is 0.0592. The van der Waals surface area contributed by atoms with Crippen LogP contribution in [0.15, 0.2) is 24.3 Å². The minimum atomic E-state index is -1.65. The molecule has 2 rings (SSSR count). The zero-order valence-electron chi connectivity index (χ0n) is 9.47. The van der Waals surface area contributed by atoms with Gasteiger partial charge in [0.2, 0.25) is 5.82 Å². The highest BCUT2D eigenvalue weighted by atomic mass is 35.5. The van der Waals surface area contributed by atoms with Crippen molar-refractivity contribution < 1.29 is 23.4 Å². The fourth-order valence-electron chi connectivity index (χ4n) is 1.03. The van der Waals surface area contributed by atoms with E-state index < -0.39 is 23.2 Å². The van der Waals surface area contributed by atoms with Crippen molar-refractivity contribution in [1.82, 2.24) is 0 Å². The van der Waals surface area contributed by atoms with E-state index in [2.05, 4.69) is 0 Å². The van der Waals surface area contributed by atoms with Crippen molar-refractivity contribution in [3.05, 3.63) is 56.8 Å². The first kappa shape index (κ1) is 16.8. The van der Waals surface area contributed by atoms with Crippen molar-refractivity contribution in [2.24, 2.45) is 0 Å². The van der Waals surface area contributed by atoms with E-state index in [0.717, 1.165) is 6.07 Å². The second-order valence-electron chi connectivity index (χ2n) is 3.41. The van der Waals surface area contributed by atoms with Crippen molar-refractivity contribution in [2.75, 3.05) is 0 Å². The Morgan fingerprint density at radius 3 is 1.75 bits per heavy atom. The smallest absolute Gasteiger partial charge is 0.203 e. The van der Waals surface area contributed by atoms with E-state index in [1.807, 2.05) is 0 Å². The molecular formula is C12H6Cl3F3O2. The lowest BCUT2D eigenvalue weighted by Gasteiger charge is -1.97. The van der Waals surface area contributed by atoms with Crippen LogP contribution in [0.2, 0.25) is 15.1 Å². The molecule has 8 heteroatoms. The summed E-state index contributed by atoms with van der Waals surface area (Å²) in [4.78, 5) is 0. The van der Waals surface area contributed by atoms with Crippen LogP contribution in [0.1, 0.15) is 0 Å². The summed E-state index contributed by atoms with van der Waals surface area (Å²) in [7, 11) is 0. The maximum absolute atomic E-state index is 12.1. The molecule has 20 heavy (non-hydrogen) atoms. The van der Waals surface area contributed by atoms with E-state index in [4.69, 9.17) is 45.0 Å². The summed E-state index contributed by atoms with van der Waals surface area (Å²) < 4.78 is 36.2. The summed E-state index contributed by atoms with van der Waals surface area (Å²) in [6, 6.07) is 4.08. The van der Waals surface area contributed by atoms with Crippen LogP contribution in [-0.2, 0) is 0 Å². The molecule has 0 spiro atoms. The molecule has 0 aliphatic carbocycles. The van der Waals surface area contributed by atoms with Gasteiger partial charge in [-0.2, -0.15) is 4.39 Å². The van der Waals surface area contributed by atoms with Gasteiger partial charge in [-0.1, -0.05) is 34.8 Å². The zero-order chi connectivity index (χ0) is 15.4. The summed E-state index contributed by atoms with van der Waals surface area (Å²) >= 11 is 16.6. The third-order valence-electron chi connectivity index (χ3n) is 2.00. The summed E-state index contributed by atoms with van der Waals surface area (Å²) in [6.07, 6.45) is 0. The Hall–Kier alpha value is -1.30. The topological polar surface area (TPSA) is 40.5 Å². The number of halogens is 6. The average molecular weight is 346 g/mol. The Bertz CT molecular complexity index is 559. The molecule has 2 nitrogen and oxygen atoms in total. The Labute approximate surface area is 126 Å². The molecule has 0 radical (unpaired) electrons. The normalized spacial score (nSPS) is 9.90. The predicted molar refractivity (Wildman–Crippen MR) is 71.1 cm³/mol. The largest absolute Gasteiger partial charge is 0.506 e. The monoisotopic (exact) mass is 344 g/mol. The Morgan fingerprint density at radius 2 is 1.25 bits per heavy atom. The molecule has 0 heterocycles. The van der Waals surface area contributed by atoms with E-state index in [9.17, 15) is 13.2 Å². The average Bonchev–Trinajstić information content (AvgIpc) is 2.39. The quantitative estimate of drug-likeness (QED) is 0.511. The van der Waals surface area contributed by atoms with Gasteiger partial charge < -0.3 is 10.2 Å². The van der Waals surface area contributed by atoms with Gasteiger partial charge in [-0.15, -0.1) is 0 Å². The summed E-state index contributed by atoms with van der Waals surface area (Å²) in [5, 5.41) is 18.2. The third-order valence-corrected chi connectivity index (χ3v) is 3.03. The molecule has 0 saturated carbocycles. The van der Waals surface area contributed by atoms with Crippen LogP contribution in [0.4, 0.5) is 13.2 Å². The molecule has 0 amide bonds. The lowest BCUT2D eigenvalue weighted by Crippen LogP contribution is -1.88. The lowest BCUT2D eigenvalue weighted by molar-refractivity contribution is 0.387. The first-order valence-electron chi connectivity index (χ1n) is 4.90. The summed E-state index contributed by atoms with van der Waals surface area (Å²) in [6.45, 7) is 0. The molecule has 0 saturated heterocycles. The van der Waals surface area contributed by atoms with Gasteiger partial charge >= 0.3 is 0 Å². The number of hydrogen-bond acceptors (Lipinski definition) is 2. The molecule has 2 aromatic rings. The van der Waals surface area contributed by atoms with Crippen molar-refractivity contribution in [1.29, 1.82) is 0 Å². The van der Waals surface area contributed by atoms with E-state index in [0.29, 0.717) is 16.1 Å². The van der Waals surface area contributed by atoms with Crippen LogP contribution < -0.4 is 0 Å². The molecule has 2 N–H and O–H groups in total. The molecular weight excluding hydrogens is 339 g/mol. The van der Waals surface area contributed by atoms with Crippen LogP contribution in [-0.4, -0.2) is 10.2 Å². The van der Waals surface area contributed by atoms with Gasteiger partial charge in [-0.25, -0.2) is 8.78 Å². The maximum Gasteiger partial charge on any atom is 0.203 e. The van der Waals surface area contributed by atoms with Crippen LogP contribution in [0.25, 0.3) is 0 Å². The SMILES string of the molecule is Oc1cc(Cl)c(Cl)cc1Cl.Oc1ccc(F)c(F)c1F. The number of aromatic hydroxyl groups is 2. The van der Waals surface area contributed by atoms with Crippen LogP contribution in [0.5, 0.6) is 11.5 Å². The molecule has 0 atom stereocenters. The highest BCUT2D eigenvalue weighted by molar-refractivity contribution is 6.43. The number of rotatable bonds is 0. The molecule has 0 fully saturated rings. The molecule has 0 aromatic heterocycles. The van der Waals surface area contributed by atoms with Crippen molar-refractivity contribution in [2.45, 2.75) is 0 Å². The maximum atomic E-state index is 12.1. The molecule has 0 unspecified atom stereocenters. The molecule has 0 bridgehead atoms. The van der Waals surface area contributed by atoms with Gasteiger partial charge in [0.15, 0.2) is 17.4 Å². The third kappa shape index (κ3) is 4.10. The van der Waals surface area contributed by atoms with E-state index in [-0.39, 0.29) is 10.8 Å². The number of hydrogen-bond donors (Lipinski definition) is 2. The van der Waals surface area contributed by atoms with Gasteiger partial charge in [0.05, 0.1) is 15.1 Å². The minimum Gasteiger partial charge on any atom is -0.506 e. The van der Waals surface area contributed by atoms with Gasteiger partial charge in [-0.3, -0.25) is 0 Å². The fourth-order valence-corrected chi connectivity index (χ4v) is 1.57. The van der Waals surface area contributed by atoms with Gasteiger partial charge in [0.25, 0.3) is 0 Å². The Balaban J connectivity index is 0.000000200. The second kappa shape index (κ2) is 6.92. The number of benzene rings is 2. The van der Waals surface area contributed by atoms with E-state index in [1.54, 1.807) is 0 Å². The van der Waals surface area contributed by atoms with Crippen LogP contribution in [0, 0.1) is 17.5 Å². The first-order chi connectivity index (χ1) is 9.23. The standard InChI is InChI=1S/C6H3Cl3O.C6H3F3O/c7-3-1-5(9)6(10)2-4(3)8;7-3-1-2-4(10)6(9)5(3)8/h2*1-2,10H. The molecule has 0 aliphatic heterocycles. The number of phenolic OH excluding ortho intramolecular Hbond substituents is 2. The second-order valence-corrected chi connectivity index (χ2v) is 4.63. The highest BCUT2D eigenvalue weighted by Crippen LogP contribution is 2.32. The Morgan fingerprint density at radius 1 is 0.700 bits per heavy atom. The number of phenols is 2. The van der Waals surface area contributed by atoms with Crippen LogP contribution in [0.3, 0.4) is 0 Å². The molecule has 108 valence electrons. The van der Waals surface area contributed by atoms with Gasteiger partial charge in [-0.05, 0) is 18.2 Å².